The Morgan fingerprint density at radius 2 is 1.23 bits per heavy atom. The van der Waals surface area contributed by atoms with Gasteiger partial charge in [-0.05, 0) is 38.0 Å². The van der Waals surface area contributed by atoms with E-state index in [0.717, 1.165) is 12.8 Å². The number of carbonyl (C=O) groups excluding carboxylic acids is 1. The molecule has 0 saturated heterocycles. The van der Waals surface area contributed by atoms with Crippen LogP contribution in [0.5, 0.6) is 0 Å². The standard InChI is InChI=1S/C23H44O3/c1-4-5-6-7-8-9-10-11-12-13-14-15-16-17-18-19-20-25-23(24)26-21-22(2)3/h11-12,22H,4-10,13-21H2,1-3H3/b12-11+. The van der Waals surface area contributed by atoms with E-state index in [0.29, 0.717) is 19.1 Å². The van der Waals surface area contributed by atoms with Crippen molar-refractivity contribution in [3.05, 3.63) is 12.2 Å². The maximum Gasteiger partial charge on any atom is 0.508 e. The van der Waals surface area contributed by atoms with Crippen LogP contribution in [0.3, 0.4) is 0 Å². The summed E-state index contributed by atoms with van der Waals surface area (Å²) in [6, 6.07) is 0. The predicted molar refractivity (Wildman–Crippen MR) is 112 cm³/mol. The third kappa shape index (κ3) is 21.1. The summed E-state index contributed by atoms with van der Waals surface area (Å²) in [7, 11) is 0. The minimum atomic E-state index is -0.522. The molecule has 0 aromatic rings. The molecule has 0 bridgehead atoms. The van der Waals surface area contributed by atoms with Crippen molar-refractivity contribution in [1.82, 2.24) is 0 Å². The minimum Gasteiger partial charge on any atom is -0.434 e. The fraction of sp³-hybridized carbons (Fsp3) is 0.870. The molecule has 0 atom stereocenters. The van der Waals surface area contributed by atoms with Crippen LogP contribution in [0.15, 0.2) is 12.2 Å². The number of carbonyl (C=O) groups is 1. The SMILES string of the molecule is CCCCCCCC/C=C/CCCCCCCCOC(=O)OCC(C)C. The average molecular weight is 369 g/mol. The lowest BCUT2D eigenvalue weighted by Crippen LogP contribution is -2.12. The molecule has 0 aliphatic heterocycles. The van der Waals surface area contributed by atoms with Crippen molar-refractivity contribution in [2.45, 2.75) is 111 Å². The number of allylic oxidation sites excluding steroid dienone is 2. The third-order valence-corrected chi connectivity index (χ3v) is 4.41. The van der Waals surface area contributed by atoms with Crippen LogP contribution in [-0.2, 0) is 9.47 Å². The topological polar surface area (TPSA) is 35.5 Å². The van der Waals surface area contributed by atoms with Crippen molar-refractivity contribution in [3.63, 3.8) is 0 Å². The first-order chi connectivity index (χ1) is 12.7. The molecule has 26 heavy (non-hydrogen) atoms. The Bertz CT molecular complexity index is 323. The Balaban J connectivity index is 3.17. The van der Waals surface area contributed by atoms with E-state index in [1.54, 1.807) is 0 Å². The highest BCUT2D eigenvalue weighted by molar-refractivity contribution is 5.59. The normalized spacial score (nSPS) is 11.4. The minimum absolute atomic E-state index is 0.355. The van der Waals surface area contributed by atoms with E-state index in [9.17, 15) is 4.79 Å². The first-order valence-electron chi connectivity index (χ1n) is 11.1. The Morgan fingerprint density at radius 1 is 0.731 bits per heavy atom. The zero-order chi connectivity index (χ0) is 19.3. The molecule has 0 rings (SSSR count). The van der Waals surface area contributed by atoms with Gasteiger partial charge in [0.2, 0.25) is 0 Å². The smallest absolute Gasteiger partial charge is 0.434 e. The number of hydrogen-bond donors (Lipinski definition) is 0. The predicted octanol–water partition coefficient (Wildman–Crippen LogP) is 7.83. The molecule has 0 saturated carbocycles. The highest BCUT2D eigenvalue weighted by Gasteiger charge is 2.04. The van der Waals surface area contributed by atoms with Crippen LogP contribution < -0.4 is 0 Å². The van der Waals surface area contributed by atoms with Crippen molar-refractivity contribution in [2.75, 3.05) is 13.2 Å². The first-order valence-corrected chi connectivity index (χ1v) is 11.1. The van der Waals surface area contributed by atoms with Crippen LogP contribution in [-0.4, -0.2) is 19.4 Å². The maximum atomic E-state index is 11.3. The molecule has 0 spiro atoms. The fourth-order valence-corrected chi connectivity index (χ4v) is 2.78. The number of unbranched alkanes of at least 4 members (excludes halogenated alkanes) is 12. The Morgan fingerprint density at radius 3 is 1.77 bits per heavy atom. The molecule has 0 aromatic carbocycles. The van der Waals surface area contributed by atoms with Gasteiger partial charge in [0.15, 0.2) is 0 Å². The summed E-state index contributed by atoms with van der Waals surface area (Å²) < 4.78 is 10.0. The van der Waals surface area contributed by atoms with Crippen molar-refractivity contribution in [2.24, 2.45) is 5.92 Å². The Hall–Kier alpha value is -0.990. The lowest BCUT2D eigenvalue weighted by molar-refractivity contribution is 0.0465. The second kappa shape index (κ2) is 20.3. The van der Waals surface area contributed by atoms with Gasteiger partial charge in [-0.1, -0.05) is 90.7 Å². The van der Waals surface area contributed by atoms with E-state index in [4.69, 9.17) is 9.47 Å². The van der Waals surface area contributed by atoms with E-state index in [1.807, 2.05) is 13.8 Å². The van der Waals surface area contributed by atoms with E-state index in [-0.39, 0.29) is 0 Å². The summed E-state index contributed by atoms with van der Waals surface area (Å²) in [6.07, 6.45) is 22.2. The molecule has 0 N–H and O–H groups in total. The van der Waals surface area contributed by atoms with E-state index < -0.39 is 6.16 Å². The summed E-state index contributed by atoms with van der Waals surface area (Å²) in [5.41, 5.74) is 0. The molecule has 3 nitrogen and oxygen atoms in total. The Kier molecular flexibility index (Phi) is 19.5. The molecule has 0 aliphatic carbocycles. The van der Waals surface area contributed by atoms with Gasteiger partial charge in [0.25, 0.3) is 0 Å². The highest BCUT2D eigenvalue weighted by atomic mass is 16.7. The first kappa shape index (κ1) is 25.0. The molecule has 0 heterocycles. The molecule has 3 heteroatoms. The number of ether oxygens (including phenoxy) is 2. The fourth-order valence-electron chi connectivity index (χ4n) is 2.78. The van der Waals surface area contributed by atoms with Gasteiger partial charge in [0.1, 0.15) is 0 Å². The zero-order valence-corrected chi connectivity index (χ0v) is 17.8. The second-order valence-electron chi connectivity index (χ2n) is 7.74. The third-order valence-electron chi connectivity index (χ3n) is 4.41. The van der Waals surface area contributed by atoms with E-state index >= 15 is 0 Å². The lowest BCUT2D eigenvalue weighted by atomic mass is 10.1. The van der Waals surface area contributed by atoms with Crippen molar-refractivity contribution >= 4 is 6.16 Å². The van der Waals surface area contributed by atoms with Crippen LogP contribution >= 0.6 is 0 Å². The van der Waals surface area contributed by atoms with Crippen LogP contribution in [0.25, 0.3) is 0 Å². The van der Waals surface area contributed by atoms with E-state index in [2.05, 4.69) is 19.1 Å². The highest BCUT2D eigenvalue weighted by Crippen LogP contribution is 2.10. The van der Waals surface area contributed by atoms with Gasteiger partial charge in [0, 0.05) is 0 Å². The molecule has 154 valence electrons. The molecule has 0 fully saturated rings. The molecule has 0 aliphatic rings. The van der Waals surface area contributed by atoms with Gasteiger partial charge in [-0.15, -0.1) is 0 Å². The largest absolute Gasteiger partial charge is 0.508 e. The summed E-state index contributed by atoms with van der Waals surface area (Å²) in [6.45, 7) is 7.21. The van der Waals surface area contributed by atoms with Gasteiger partial charge in [0.05, 0.1) is 13.2 Å². The van der Waals surface area contributed by atoms with Crippen molar-refractivity contribution in [1.29, 1.82) is 0 Å². The molecular formula is C23H44O3. The van der Waals surface area contributed by atoms with Gasteiger partial charge < -0.3 is 9.47 Å². The summed E-state index contributed by atoms with van der Waals surface area (Å²) in [5.74, 6) is 0.355. The monoisotopic (exact) mass is 368 g/mol. The molecule has 0 radical (unpaired) electrons. The second-order valence-corrected chi connectivity index (χ2v) is 7.74. The molecule has 0 aromatic heterocycles. The lowest BCUT2D eigenvalue weighted by Gasteiger charge is -2.07. The summed E-state index contributed by atoms with van der Waals surface area (Å²) in [4.78, 5) is 11.3. The quantitative estimate of drug-likeness (QED) is 0.140. The van der Waals surface area contributed by atoms with Gasteiger partial charge in [-0.25, -0.2) is 4.79 Å². The molecular weight excluding hydrogens is 324 g/mol. The number of rotatable bonds is 18. The van der Waals surface area contributed by atoms with Gasteiger partial charge in [-0.3, -0.25) is 0 Å². The maximum absolute atomic E-state index is 11.3. The van der Waals surface area contributed by atoms with Gasteiger partial charge in [-0.2, -0.15) is 0 Å². The number of hydrogen-bond acceptors (Lipinski definition) is 3. The molecule has 0 amide bonds. The van der Waals surface area contributed by atoms with Crippen LogP contribution in [0.2, 0.25) is 0 Å². The van der Waals surface area contributed by atoms with Crippen molar-refractivity contribution in [3.8, 4) is 0 Å². The average Bonchev–Trinajstić information content (AvgIpc) is 2.62. The van der Waals surface area contributed by atoms with E-state index in [1.165, 1.54) is 77.0 Å². The van der Waals surface area contributed by atoms with Crippen LogP contribution in [0.1, 0.15) is 111 Å². The van der Waals surface area contributed by atoms with Crippen LogP contribution in [0, 0.1) is 5.92 Å². The zero-order valence-electron chi connectivity index (χ0n) is 17.8. The van der Waals surface area contributed by atoms with Crippen LogP contribution in [0.4, 0.5) is 4.79 Å². The summed E-state index contributed by atoms with van der Waals surface area (Å²) in [5, 5.41) is 0. The summed E-state index contributed by atoms with van der Waals surface area (Å²) >= 11 is 0. The van der Waals surface area contributed by atoms with Gasteiger partial charge >= 0.3 is 6.16 Å². The Labute approximate surface area is 162 Å². The molecule has 0 unspecified atom stereocenters. The van der Waals surface area contributed by atoms with Crippen molar-refractivity contribution < 1.29 is 14.3 Å².